The van der Waals surface area contributed by atoms with Gasteiger partial charge >= 0.3 is 0 Å². The normalized spacial score (nSPS) is 11.0. The first kappa shape index (κ1) is 20.7. The largest absolute Gasteiger partial charge is 0.381 e. The zero-order valence-corrected chi connectivity index (χ0v) is 18.0. The van der Waals surface area contributed by atoms with E-state index in [9.17, 15) is 0 Å². The number of halogens is 2. The van der Waals surface area contributed by atoms with E-state index in [1.54, 1.807) is 0 Å². The molecule has 136 valence electrons. The zero-order chi connectivity index (χ0) is 17.7. The molecule has 3 heteroatoms. The van der Waals surface area contributed by atoms with Crippen molar-refractivity contribution in [2.75, 3.05) is 13.2 Å². The van der Waals surface area contributed by atoms with Gasteiger partial charge in [-0.25, -0.2) is 0 Å². The van der Waals surface area contributed by atoms with Crippen molar-refractivity contribution >= 4 is 31.9 Å². The van der Waals surface area contributed by atoms with Crippen LogP contribution >= 0.6 is 31.9 Å². The molecule has 0 amide bonds. The average molecular weight is 468 g/mol. The number of unbranched alkanes of at least 4 members (excludes halogenated alkanes) is 4. The van der Waals surface area contributed by atoms with Gasteiger partial charge in [0.1, 0.15) is 0 Å². The molecule has 2 aromatic rings. The van der Waals surface area contributed by atoms with Crippen LogP contribution < -0.4 is 0 Å². The van der Waals surface area contributed by atoms with E-state index in [-0.39, 0.29) is 0 Å². The molecule has 0 N–H and O–H groups in total. The van der Waals surface area contributed by atoms with Crippen LogP contribution in [0, 0.1) is 0 Å². The molecule has 0 aliphatic heterocycles. The molecule has 0 saturated heterocycles. The van der Waals surface area contributed by atoms with Crippen molar-refractivity contribution in [2.24, 2.45) is 0 Å². The highest BCUT2D eigenvalue weighted by Crippen LogP contribution is 2.14. The molecule has 0 aromatic heterocycles. The van der Waals surface area contributed by atoms with Crippen molar-refractivity contribution in [1.82, 2.24) is 0 Å². The number of hydrogen-bond donors (Lipinski definition) is 0. The summed E-state index contributed by atoms with van der Waals surface area (Å²) in [5, 5.41) is 0. The first-order valence-corrected chi connectivity index (χ1v) is 10.9. The van der Waals surface area contributed by atoms with Crippen LogP contribution in [-0.4, -0.2) is 13.2 Å². The third-order valence-electron chi connectivity index (χ3n) is 4.33. The summed E-state index contributed by atoms with van der Waals surface area (Å²) in [6.45, 7) is 1.82. The lowest BCUT2D eigenvalue weighted by Gasteiger charge is -2.05. The van der Waals surface area contributed by atoms with Crippen LogP contribution in [0.1, 0.15) is 49.7 Å². The van der Waals surface area contributed by atoms with E-state index in [2.05, 4.69) is 80.4 Å². The van der Waals surface area contributed by atoms with Crippen molar-refractivity contribution in [3.8, 4) is 0 Å². The number of rotatable bonds is 12. The molecule has 0 aliphatic rings. The van der Waals surface area contributed by atoms with Crippen molar-refractivity contribution in [3.05, 3.63) is 68.6 Å². The maximum Gasteiger partial charge on any atom is 0.0466 e. The Bertz CT molecular complexity index is 524. The van der Waals surface area contributed by atoms with E-state index < -0.39 is 0 Å². The van der Waals surface area contributed by atoms with E-state index in [0.717, 1.165) is 22.2 Å². The van der Waals surface area contributed by atoms with Crippen molar-refractivity contribution in [2.45, 2.75) is 51.4 Å². The Kier molecular flexibility index (Phi) is 10.5. The summed E-state index contributed by atoms with van der Waals surface area (Å²) >= 11 is 6.95. The van der Waals surface area contributed by atoms with Gasteiger partial charge in [-0.1, -0.05) is 69.0 Å². The molecular formula is C22H28Br2O. The molecule has 0 bridgehead atoms. The van der Waals surface area contributed by atoms with E-state index in [4.69, 9.17) is 4.74 Å². The first-order valence-electron chi connectivity index (χ1n) is 9.31. The summed E-state index contributed by atoms with van der Waals surface area (Å²) < 4.78 is 8.07. The summed E-state index contributed by atoms with van der Waals surface area (Å²) in [6, 6.07) is 17.3. The summed E-state index contributed by atoms with van der Waals surface area (Å²) in [6.07, 6.45) is 9.69. The smallest absolute Gasteiger partial charge is 0.0466 e. The highest BCUT2D eigenvalue weighted by molar-refractivity contribution is 9.10. The number of hydrogen-bond acceptors (Lipinski definition) is 1. The Hall–Kier alpha value is -0.640. The Morgan fingerprint density at radius 2 is 0.920 bits per heavy atom. The Morgan fingerprint density at radius 1 is 0.520 bits per heavy atom. The zero-order valence-electron chi connectivity index (χ0n) is 14.9. The highest BCUT2D eigenvalue weighted by Gasteiger charge is 1.96. The molecule has 0 unspecified atom stereocenters. The van der Waals surface area contributed by atoms with E-state index in [1.165, 1.54) is 62.5 Å². The molecule has 25 heavy (non-hydrogen) atoms. The van der Waals surface area contributed by atoms with Gasteiger partial charge in [0.25, 0.3) is 0 Å². The van der Waals surface area contributed by atoms with Gasteiger partial charge in [0.2, 0.25) is 0 Å². The molecule has 0 atom stereocenters. The van der Waals surface area contributed by atoms with Crippen LogP contribution in [0.4, 0.5) is 0 Å². The molecule has 0 spiro atoms. The monoisotopic (exact) mass is 466 g/mol. The van der Waals surface area contributed by atoms with Gasteiger partial charge in [-0.15, -0.1) is 0 Å². The molecule has 0 radical (unpaired) electrons. The number of ether oxygens (including phenoxy) is 1. The second-order valence-electron chi connectivity index (χ2n) is 6.49. The lowest BCUT2D eigenvalue weighted by molar-refractivity contribution is 0.126. The van der Waals surface area contributed by atoms with Crippen LogP contribution in [0.3, 0.4) is 0 Å². The SMILES string of the molecule is Brc1ccc(CCCCCOCCCCCc2ccc(Br)cc2)cc1. The standard InChI is InChI=1S/C22H28Br2O/c23-21-13-9-19(10-14-21)7-3-1-5-17-25-18-6-2-4-8-20-11-15-22(24)16-12-20/h9-16H,1-8,17-18H2. The fraction of sp³-hybridized carbons (Fsp3) is 0.455. The van der Waals surface area contributed by atoms with Crippen LogP contribution in [0.15, 0.2) is 57.5 Å². The van der Waals surface area contributed by atoms with Crippen LogP contribution in [0.25, 0.3) is 0 Å². The Labute approximate surface area is 169 Å². The summed E-state index contributed by atoms with van der Waals surface area (Å²) in [5.41, 5.74) is 2.85. The summed E-state index contributed by atoms with van der Waals surface area (Å²) in [7, 11) is 0. The topological polar surface area (TPSA) is 9.23 Å². The van der Waals surface area contributed by atoms with Crippen LogP contribution in [0.5, 0.6) is 0 Å². The summed E-state index contributed by atoms with van der Waals surface area (Å²) in [5.74, 6) is 0. The van der Waals surface area contributed by atoms with E-state index in [1.807, 2.05) is 0 Å². The molecule has 0 aliphatic carbocycles. The van der Waals surface area contributed by atoms with Gasteiger partial charge in [-0.05, 0) is 73.9 Å². The molecule has 0 heterocycles. The molecule has 1 nitrogen and oxygen atoms in total. The molecule has 2 aromatic carbocycles. The Balaban J connectivity index is 1.37. The van der Waals surface area contributed by atoms with Crippen molar-refractivity contribution in [1.29, 1.82) is 0 Å². The molecular weight excluding hydrogens is 440 g/mol. The van der Waals surface area contributed by atoms with E-state index in [0.29, 0.717) is 0 Å². The molecule has 2 rings (SSSR count). The van der Waals surface area contributed by atoms with E-state index >= 15 is 0 Å². The highest BCUT2D eigenvalue weighted by atomic mass is 79.9. The summed E-state index contributed by atoms with van der Waals surface area (Å²) in [4.78, 5) is 0. The third-order valence-corrected chi connectivity index (χ3v) is 5.39. The Morgan fingerprint density at radius 3 is 1.32 bits per heavy atom. The van der Waals surface area contributed by atoms with Gasteiger partial charge in [0.15, 0.2) is 0 Å². The van der Waals surface area contributed by atoms with Gasteiger partial charge in [-0.3, -0.25) is 0 Å². The van der Waals surface area contributed by atoms with Crippen LogP contribution in [0.2, 0.25) is 0 Å². The van der Waals surface area contributed by atoms with Gasteiger partial charge in [0.05, 0.1) is 0 Å². The maximum atomic E-state index is 5.76. The average Bonchev–Trinajstić information content (AvgIpc) is 2.63. The maximum absolute atomic E-state index is 5.76. The lowest BCUT2D eigenvalue weighted by Crippen LogP contribution is -1.98. The predicted molar refractivity (Wildman–Crippen MR) is 114 cm³/mol. The van der Waals surface area contributed by atoms with Crippen molar-refractivity contribution < 1.29 is 4.74 Å². The van der Waals surface area contributed by atoms with Crippen LogP contribution in [-0.2, 0) is 17.6 Å². The van der Waals surface area contributed by atoms with Gasteiger partial charge in [-0.2, -0.15) is 0 Å². The van der Waals surface area contributed by atoms with Crippen molar-refractivity contribution in [3.63, 3.8) is 0 Å². The predicted octanol–water partition coefficient (Wildman–Crippen LogP) is 7.35. The van der Waals surface area contributed by atoms with Gasteiger partial charge in [0, 0.05) is 22.2 Å². The number of aryl methyl sites for hydroxylation is 2. The lowest BCUT2D eigenvalue weighted by atomic mass is 10.1. The fourth-order valence-corrected chi connectivity index (χ4v) is 3.35. The molecule has 0 saturated carbocycles. The second-order valence-corrected chi connectivity index (χ2v) is 8.32. The van der Waals surface area contributed by atoms with Gasteiger partial charge < -0.3 is 4.74 Å². The quantitative estimate of drug-likeness (QED) is 0.296. The number of benzene rings is 2. The molecule has 0 fully saturated rings. The second kappa shape index (κ2) is 12.7. The minimum Gasteiger partial charge on any atom is -0.381 e. The third kappa shape index (κ3) is 9.58. The fourth-order valence-electron chi connectivity index (χ4n) is 2.82. The minimum atomic E-state index is 0.910. The minimum absolute atomic E-state index is 0.910. The first-order chi connectivity index (χ1) is 12.2.